The highest BCUT2D eigenvalue weighted by Crippen LogP contribution is 2.36. The monoisotopic (exact) mass is 374 g/mol. The number of hydrogen-bond donors (Lipinski definition) is 2. The zero-order valence-electron chi connectivity index (χ0n) is 15.7. The molecule has 3 N–H and O–H groups in total. The summed E-state index contributed by atoms with van der Waals surface area (Å²) in [5.41, 5.74) is 3.29. The molecule has 4 nitrogen and oxygen atoms in total. The first-order valence-corrected chi connectivity index (χ1v) is 9.12. The van der Waals surface area contributed by atoms with Crippen LogP contribution in [-0.4, -0.2) is 10.1 Å². The molecule has 0 aliphatic rings. The second-order valence-electron chi connectivity index (χ2n) is 6.87. The first-order chi connectivity index (χ1) is 13.5. The highest BCUT2D eigenvalue weighted by Gasteiger charge is 2.26. The van der Waals surface area contributed by atoms with Crippen molar-refractivity contribution < 1.29 is 14.5 Å². The van der Waals surface area contributed by atoms with Crippen LogP contribution in [0.3, 0.4) is 0 Å². The fourth-order valence-electron chi connectivity index (χ4n) is 3.38. The zero-order valence-corrected chi connectivity index (χ0v) is 15.7. The number of phenols is 1. The first kappa shape index (κ1) is 17.9. The van der Waals surface area contributed by atoms with Crippen molar-refractivity contribution in [2.75, 3.05) is 5.32 Å². The number of H-pyrrole nitrogens is 1. The SMILES string of the molecule is Cc1ccc2ccc([C@@H](Nc3cccc(C)[nH+]3)c3ccccc3F)c(O)c2n1. The second kappa shape index (κ2) is 7.27. The van der Waals surface area contributed by atoms with Crippen molar-refractivity contribution >= 4 is 16.7 Å². The highest BCUT2D eigenvalue weighted by molar-refractivity contribution is 5.86. The van der Waals surface area contributed by atoms with Crippen molar-refractivity contribution in [3.63, 3.8) is 0 Å². The van der Waals surface area contributed by atoms with Gasteiger partial charge in [0.15, 0.2) is 6.04 Å². The minimum atomic E-state index is -0.592. The lowest BCUT2D eigenvalue weighted by molar-refractivity contribution is -0.371. The van der Waals surface area contributed by atoms with E-state index in [1.165, 1.54) is 6.07 Å². The Kier molecular flexibility index (Phi) is 4.65. The Morgan fingerprint density at radius 3 is 2.50 bits per heavy atom. The standard InChI is InChI=1S/C23H20FN3O/c1-14-6-5-9-20(25-14)27-22(17-7-3-4-8-19(17)24)18-13-12-16-11-10-15(2)26-21(16)23(18)28/h3-13,22,28H,1-2H3,(H,25,27)/p+1/t22-/m0/s1. The minimum absolute atomic E-state index is 0.0506. The number of aryl methyl sites for hydroxylation is 2. The van der Waals surface area contributed by atoms with Gasteiger partial charge in [-0.15, -0.1) is 0 Å². The molecule has 140 valence electrons. The van der Waals surface area contributed by atoms with Crippen molar-refractivity contribution in [2.24, 2.45) is 0 Å². The molecule has 0 radical (unpaired) electrons. The first-order valence-electron chi connectivity index (χ1n) is 9.12. The van der Waals surface area contributed by atoms with E-state index in [4.69, 9.17) is 0 Å². The molecule has 2 heterocycles. The molecule has 4 rings (SSSR count). The number of aromatic hydroxyl groups is 1. The molecule has 0 fully saturated rings. The maximum atomic E-state index is 14.7. The largest absolute Gasteiger partial charge is 0.505 e. The van der Waals surface area contributed by atoms with Gasteiger partial charge in [0, 0.05) is 28.3 Å². The molecule has 2 aromatic carbocycles. The molecule has 4 aromatic rings. The van der Waals surface area contributed by atoms with E-state index in [9.17, 15) is 9.50 Å². The maximum Gasteiger partial charge on any atom is 0.273 e. The number of aromatic nitrogens is 2. The summed E-state index contributed by atoms with van der Waals surface area (Å²) in [6.45, 7) is 3.82. The Morgan fingerprint density at radius 2 is 1.71 bits per heavy atom. The summed E-state index contributed by atoms with van der Waals surface area (Å²) in [5.74, 6) is 0.434. The van der Waals surface area contributed by atoms with Gasteiger partial charge in [-0.2, -0.15) is 0 Å². The predicted octanol–water partition coefficient (Wildman–Crippen LogP) is 4.71. The lowest BCUT2D eigenvalue weighted by Crippen LogP contribution is -2.21. The number of rotatable bonds is 4. The number of benzene rings is 2. The van der Waals surface area contributed by atoms with Crippen LogP contribution in [0.2, 0.25) is 0 Å². The van der Waals surface area contributed by atoms with E-state index in [2.05, 4.69) is 15.3 Å². The number of nitrogens with one attached hydrogen (secondary N) is 2. The number of fused-ring (bicyclic) bond motifs is 1. The normalized spacial score (nSPS) is 12.1. The van der Waals surface area contributed by atoms with Gasteiger partial charge >= 0.3 is 0 Å². The van der Waals surface area contributed by atoms with Crippen molar-refractivity contribution in [1.29, 1.82) is 0 Å². The van der Waals surface area contributed by atoms with Gasteiger partial charge in [-0.3, -0.25) is 5.32 Å². The smallest absolute Gasteiger partial charge is 0.273 e. The van der Waals surface area contributed by atoms with Crippen LogP contribution in [0.25, 0.3) is 10.9 Å². The lowest BCUT2D eigenvalue weighted by Gasteiger charge is -2.18. The van der Waals surface area contributed by atoms with E-state index >= 15 is 0 Å². The van der Waals surface area contributed by atoms with Crippen molar-refractivity contribution in [3.05, 3.63) is 95.1 Å². The van der Waals surface area contributed by atoms with Gasteiger partial charge in [-0.25, -0.2) is 14.4 Å². The molecule has 0 amide bonds. The molecule has 0 aliphatic heterocycles. The van der Waals surface area contributed by atoms with Gasteiger partial charge in [0.1, 0.15) is 17.1 Å². The summed E-state index contributed by atoms with van der Waals surface area (Å²) in [5, 5.41) is 15.2. The van der Waals surface area contributed by atoms with Crippen LogP contribution in [0, 0.1) is 19.7 Å². The Labute approximate surface area is 162 Å². The molecular weight excluding hydrogens is 353 g/mol. The van der Waals surface area contributed by atoms with Crippen LogP contribution in [0.1, 0.15) is 28.6 Å². The lowest BCUT2D eigenvalue weighted by atomic mass is 9.95. The Hall–Kier alpha value is -3.47. The average molecular weight is 374 g/mol. The van der Waals surface area contributed by atoms with E-state index in [1.54, 1.807) is 18.2 Å². The fourth-order valence-corrected chi connectivity index (χ4v) is 3.38. The van der Waals surface area contributed by atoms with Crippen LogP contribution in [-0.2, 0) is 0 Å². The summed E-state index contributed by atoms with van der Waals surface area (Å²) in [7, 11) is 0. The molecule has 0 bridgehead atoms. The molecule has 28 heavy (non-hydrogen) atoms. The molecule has 2 aromatic heterocycles. The van der Waals surface area contributed by atoms with Gasteiger partial charge in [0.25, 0.3) is 5.82 Å². The summed E-state index contributed by atoms with van der Waals surface area (Å²) < 4.78 is 14.7. The van der Waals surface area contributed by atoms with Gasteiger partial charge in [-0.05, 0) is 38.1 Å². The Balaban J connectivity index is 1.89. The number of halogens is 1. The van der Waals surface area contributed by atoms with Gasteiger partial charge in [0.05, 0.1) is 5.69 Å². The molecule has 5 heteroatoms. The molecule has 0 saturated heterocycles. The number of hydrogen-bond acceptors (Lipinski definition) is 3. The van der Waals surface area contributed by atoms with E-state index in [0.717, 1.165) is 22.6 Å². The maximum absolute atomic E-state index is 14.7. The molecule has 0 spiro atoms. The molecular formula is C23H21FN3O+. The fraction of sp³-hybridized carbons (Fsp3) is 0.130. The molecule has 1 atom stereocenters. The average Bonchev–Trinajstić information content (AvgIpc) is 2.68. The van der Waals surface area contributed by atoms with E-state index in [-0.39, 0.29) is 11.6 Å². The number of nitrogens with zero attached hydrogens (tertiary/aromatic N) is 1. The summed E-state index contributed by atoms with van der Waals surface area (Å²) in [6, 6.07) is 19.2. The Morgan fingerprint density at radius 1 is 0.929 bits per heavy atom. The van der Waals surface area contributed by atoms with Gasteiger partial charge in [0.2, 0.25) is 0 Å². The molecule has 0 aliphatic carbocycles. The zero-order chi connectivity index (χ0) is 19.7. The van der Waals surface area contributed by atoms with Crippen LogP contribution in [0.15, 0.2) is 66.7 Å². The van der Waals surface area contributed by atoms with Crippen LogP contribution < -0.4 is 10.3 Å². The van der Waals surface area contributed by atoms with Gasteiger partial charge in [-0.1, -0.05) is 36.4 Å². The van der Waals surface area contributed by atoms with Crippen molar-refractivity contribution in [1.82, 2.24) is 4.98 Å². The summed E-state index contributed by atoms with van der Waals surface area (Å²) in [4.78, 5) is 7.71. The van der Waals surface area contributed by atoms with Gasteiger partial charge < -0.3 is 5.11 Å². The van der Waals surface area contributed by atoms with E-state index in [0.29, 0.717) is 16.6 Å². The van der Waals surface area contributed by atoms with Crippen molar-refractivity contribution in [2.45, 2.75) is 19.9 Å². The van der Waals surface area contributed by atoms with Crippen LogP contribution in [0.4, 0.5) is 10.2 Å². The van der Waals surface area contributed by atoms with Crippen LogP contribution in [0.5, 0.6) is 5.75 Å². The minimum Gasteiger partial charge on any atom is -0.505 e. The molecule has 0 unspecified atom stereocenters. The quantitative estimate of drug-likeness (QED) is 0.544. The number of aromatic amines is 1. The number of anilines is 1. The summed E-state index contributed by atoms with van der Waals surface area (Å²) in [6.07, 6.45) is 0. The summed E-state index contributed by atoms with van der Waals surface area (Å²) >= 11 is 0. The molecule has 0 saturated carbocycles. The number of phenolic OH excluding ortho intramolecular Hbond substituents is 1. The topological polar surface area (TPSA) is 59.3 Å². The number of pyridine rings is 2. The highest BCUT2D eigenvalue weighted by atomic mass is 19.1. The predicted molar refractivity (Wildman–Crippen MR) is 108 cm³/mol. The third-order valence-corrected chi connectivity index (χ3v) is 4.77. The van der Waals surface area contributed by atoms with E-state index in [1.807, 2.05) is 56.3 Å². The third-order valence-electron chi connectivity index (χ3n) is 4.77. The van der Waals surface area contributed by atoms with Crippen LogP contribution >= 0.6 is 0 Å². The third kappa shape index (κ3) is 3.39. The second-order valence-corrected chi connectivity index (χ2v) is 6.87. The Bertz CT molecular complexity index is 1160. The van der Waals surface area contributed by atoms with Crippen molar-refractivity contribution in [3.8, 4) is 5.75 Å². The van der Waals surface area contributed by atoms with E-state index < -0.39 is 6.04 Å².